The quantitative estimate of drug-likeness (QED) is 0.705. The Morgan fingerprint density at radius 2 is 1.70 bits per heavy atom. The Morgan fingerprint density at radius 3 is 2.39 bits per heavy atom. The monoisotopic (exact) mass is 301 g/mol. The van der Waals surface area contributed by atoms with Crippen LogP contribution in [-0.2, 0) is 0 Å². The summed E-state index contributed by atoms with van der Waals surface area (Å²) < 4.78 is 0. The van der Waals surface area contributed by atoms with Crippen LogP contribution in [0.1, 0.15) is 11.1 Å². The van der Waals surface area contributed by atoms with Crippen LogP contribution in [0.15, 0.2) is 79.6 Å². The number of anilines is 3. The highest BCUT2D eigenvalue weighted by atomic mass is 15.2. The maximum absolute atomic E-state index is 6.25. The van der Waals surface area contributed by atoms with Crippen molar-refractivity contribution in [2.45, 2.75) is 6.92 Å². The highest BCUT2D eigenvalue weighted by Crippen LogP contribution is 2.37. The lowest BCUT2D eigenvalue weighted by Crippen LogP contribution is -2.16. The molecule has 0 saturated heterocycles. The Hall–Kier alpha value is -3.07. The molecule has 0 spiro atoms. The smallest absolute Gasteiger partial charge is 0.0693 e. The zero-order chi connectivity index (χ0) is 16.2. The van der Waals surface area contributed by atoms with Crippen LogP contribution < -0.4 is 10.6 Å². The van der Waals surface area contributed by atoms with E-state index in [0.29, 0.717) is 5.69 Å². The molecule has 23 heavy (non-hydrogen) atoms. The van der Waals surface area contributed by atoms with E-state index in [2.05, 4.69) is 29.5 Å². The van der Waals surface area contributed by atoms with Crippen LogP contribution in [0.2, 0.25) is 0 Å². The summed E-state index contributed by atoms with van der Waals surface area (Å²) in [5, 5.41) is 0. The molecule has 2 aromatic carbocycles. The minimum Gasteiger partial charge on any atom is -0.397 e. The molecule has 0 saturated carbocycles. The fourth-order valence-electron chi connectivity index (χ4n) is 2.54. The molecular formula is C20H19N3. The molecular weight excluding hydrogens is 282 g/mol. The van der Waals surface area contributed by atoms with E-state index < -0.39 is 0 Å². The van der Waals surface area contributed by atoms with Crippen molar-refractivity contribution in [2.24, 2.45) is 0 Å². The number of nitrogen functional groups attached to an aromatic ring is 1. The van der Waals surface area contributed by atoms with Gasteiger partial charge in [-0.15, -0.1) is 0 Å². The molecule has 3 heteroatoms. The Kier molecular flexibility index (Phi) is 4.11. The lowest BCUT2D eigenvalue weighted by Gasteiger charge is -2.28. The molecule has 0 aliphatic carbocycles. The van der Waals surface area contributed by atoms with Gasteiger partial charge in [-0.05, 0) is 42.3 Å². The van der Waals surface area contributed by atoms with Gasteiger partial charge in [0.25, 0.3) is 0 Å². The van der Waals surface area contributed by atoms with Crippen LogP contribution in [0, 0.1) is 6.92 Å². The molecule has 0 unspecified atom stereocenters. The largest absolute Gasteiger partial charge is 0.397 e. The second-order valence-corrected chi connectivity index (χ2v) is 5.42. The maximum Gasteiger partial charge on any atom is 0.0693 e. The second kappa shape index (κ2) is 6.36. The number of aryl methyl sites for hydroxylation is 1. The van der Waals surface area contributed by atoms with E-state index in [9.17, 15) is 0 Å². The Bertz CT molecular complexity index is 811. The van der Waals surface area contributed by atoms with Crippen LogP contribution in [0.4, 0.5) is 17.1 Å². The predicted octanol–water partition coefficient (Wildman–Crippen LogP) is 4.78. The molecule has 0 atom stereocenters. The molecule has 0 fully saturated rings. The van der Waals surface area contributed by atoms with Crippen LogP contribution in [0.25, 0.3) is 5.70 Å². The number of benzene rings is 2. The summed E-state index contributed by atoms with van der Waals surface area (Å²) in [5.74, 6) is 0. The molecule has 1 aromatic heterocycles. The highest BCUT2D eigenvalue weighted by molar-refractivity contribution is 5.91. The second-order valence-electron chi connectivity index (χ2n) is 5.42. The van der Waals surface area contributed by atoms with Crippen molar-refractivity contribution in [2.75, 3.05) is 10.6 Å². The average Bonchev–Trinajstić information content (AvgIpc) is 2.60. The lowest BCUT2D eigenvalue weighted by molar-refractivity contribution is 1.25. The minimum absolute atomic E-state index is 0.712. The number of rotatable bonds is 4. The SMILES string of the molecule is C=C(c1ccccc1)N(c1ccncc1)c1cc(C)ccc1N. The van der Waals surface area contributed by atoms with E-state index in [1.54, 1.807) is 12.4 Å². The number of pyridine rings is 1. The first-order valence-electron chi connectivity index (χ1n) is 7.47. The molecule has 3 nitrogen and oxygen atoms in total. The van der Waals surface area contributed by atoms with Gasteiger partial charge in [-0.2, -0.15) is 0 Å². The van der Waals surface area contributed by atoms with E-state index in [0.717, 1.165) is 28.2 Å². The van der Waals surface area contributed by atoms with Crippen molar-refractivity contribution in [3.63, 3.8) is 0 Å². The molecule has 0 aliphatic rings. The number of hydrogen-bond donors (Lipinski definition) is 1. The molecule has 0 aliphatic heterocycles. The zero-order valence-electron chi connectivity index (χ0n) is 13.1. The van der Waals surface area contributed by atoms with Gasteiger partial charge in [0, 0.05) is 23.8 Å². The summed E-state index contributed by atoms with van der Waals surface area (Å²) in [6, 6.07) is 20.0. The molecule has 0 bridgehead atoms. The van der Waals surface area contributed by atoms with E-state index >= 15 is 0 Å². The van der Waals surface area contributed by atoms with Gasteiger partial charge >= 0.3 is 0 Å². The third-order valence-electron chi connectivity index (χ3n) is 3.72. The van der Waals surface area contributed by atoms with Crippen molar-refractivity contribution < 1.29 is 0 Å². The van der Waals surface area contributed by atoms with Gasteiger partial charge in [-0.3, -0.25) is 4.98 Å². The van der Waals surface area contributed by atoms with Crippen LogP contribution in [0.5, 0.6) is 0 Å². The van der Waals surface area contributed by atoms with Gasteiger partial charge in [-0.1, -0.05) is 43.0 Å². The third-order valence-corrected chi connectivity index (χ3v) is 3.72. The zero-order valence-corrected chi connectivity index (χ0v) is 13.1. The summed E-state index contributed by atoms with van der Waals surface area (Å²) in [4.78, 5) is 6.17. The summed E-state index contributed by atoms with van der Waals surface area (Å²) in [5.41, 5.74) is 11.9. The minimum atomic E-state index is 0.712. The molecule has 1 heterocycles. The van der Waals surface area contributed by atoms with Gasteiger partial charge < -0.3 is 10.6 Å². The van der Waals surface area contributed by atoms with Gasteiger partial charge in [0.1, 0.15) is 0 Å². The Morgan fingerprint density at radius 1 is 1.00 bits per heavy atom. The van der Waals surface area contributed by atoms with Crippen LogP contribution in [-0.4, -0.2) is 4.98 Å². The topological polar surface area (TPSA) is 42.2 Å². The highest BCUT2D eigenvalue weighted by Gasteiger charge is 2.17. The van der Waals surface area contributed by atoms with Crippen molar-refractivity contribution in [3.05, 3.63) is 90.8 Å². The third kappa shape index (κ3) is 3.09. The van der Waals surface area contributed by atoms with E-state index in [-0.39, 0.29) is 0 Å². The summed E-state index contributed by atoms with van der Waals surface area (Å²) in [7, 11) is 0. The number of nitrogens with two attached hydrogens (primary N) is 1. The first kappa shape index (κ1) is 14.9. The van der Waals surface area contributed by atoms with Crippen LogP contribution in [0.3, 0.4) is 0 Å². The van der Waals surface area contributed by atoms with Crippen molar-refractivity contribution in [1.29, 1.82) is 0 Å². The molecule has 114 valence electrons. The Balaban J connectivity index is 2.15. The normalized spacial score (nSPS) is 10.3. The number of hydrogen-bond acceptors (Lipinski definition) is 3. The van der Waals surface area contributed by atoms with Gasteiger partial charge in [0.2, 0.25) is 0 Å². The molecule has 0 amide bonds. The molecule has 3 aromatic rings. The number of aromatic nitrogens is 1. The first-order chi connectivity index (χ1) is 11.2. The maximum atomic E-state index is 6.25. The molecule has 3 rings (SSSR count). The van der Waals surface area contributed by atoms with Crippen LogP contribution >= 0.6 is 0 Å². The molecule has 0 radical (unpaired) electrons. The van der Waals surface area contributed by atoms with E-state index in [4.69, 9.17) is 5.73 Å². The predicted molar refractivity (Wildman–Crippen MR) is 97.4 cm³/mol. The van der Waals surface area contributed by atoms with Gasteiger partial charge in [-0.25, -0.2) is 0 Å². The fourth-order valence-corrected chi connectivity index (χ4v) is 2.54. The van der Waals surface area contributed by atoms with E-state index in [1.165, 1.54) is 0 Å². The summed E-state index contributed by atoms with van der Waals surface area (Å²) in [6.45, 7) is 6.35. The lowest BCUT2D eigenvalue weighted by atomic mass is 10.1. The number of nitrogens with zero attached hydrogens (tertiary/aromatic N) is 2. The van der Waals surface area contributed by atoms with Crippen molar-refractivity contribution in [3.8, 4) is 0 Å². The van der Waals surface area contributed by atoms with Gasteiger partial charge in [0.05, 0.1) is 11.4 Å². The average molecular weight is 301 g/mol. The Labute approximate surface area is 136 Å². The van der Waals surface area contributed by atoms with E-state index in [1.807, 2.05) is 54.6 Å². The first-order valence-corrected chi connectivity index (χ1v) is 7.47. The van der Waals surface area contributed by atoms with Crippen molar-refractivity contribution in [1.82, 2.24) is 4.98 Å². The fraction of sp³-hybridized carbons (Fsp3) is 0.0500. The summed E-state index contributed by atoms with van der Waals surface area (Å²) >= 11 is 0. The molecule has 2 N–H and O–H groups in total. The standard InChI is InChI=1S/C20H19N3/c1-15-8-9-19(21)20(14-15)23(18-10-12-22-13-11-18)16(2)17-6-4-3-5-7-17/h3-14H,2,21H2,1H3. The van der Waals surface area contributed by atoms with Crippen molar-refractivity contribution >= 4 is 22.8 Å². The summed E-state index contributed by atoms with van der Waals surface area (Å²) in [6.07, 6.45) is 3.54. The van der Waals surface area contributed by atoms with Gasteiger partial charge in [0.15, 0.2) is 0 Å².